The number of carbonyl (C=O) groups is 2. The van der Waals surface area contributed by atoms with Gasteiger partial charge in [-0.2, -0.15) is 8.78 Å². The molecule has 1 aromatic rings. The second kappa shape index (κ2) is 7.31. The minimum absolute atomic E-state index is 0.0572. The molecular weight excluding hydrogens is 340 g/mol. The zero-order valence-corrected chi connectivity index (χ0v) is 15.0. The SMILES string of the molecule is CC(F)(F)C(=O)CCCN1CCC2(CC1)C(=O)NCN2c1ccccc1. The molecule has 2 heterocycles. The number of alkyl halides is 2. The number of nitrogens with zero attached hydrogens (tertiary/aromatic N) is 2. The summed E-state index contributed by atoms with van der Waals surface area (Å²) < 4.78 is 25.8. The predicted octanol–water partition coefficient (Wildman–Crippen LogP) is 2.42. The first-order valence-electron chi connectivity index (χ1n) is 9.07. The van der Waals surface area contributed by atoms with Gasteiger partial charge in [0.05, 0.1) is 6.67 Å². The van der Waals surface area contributed by atoms with Crippen molar-refractivity contribution in [3.63, 3.8) is 0 Å². The largest absolute Gasteiger partial charge is 0.339 e. The fourth-order valence-corrected chi connectivity index (χ4v) is 3.86. The fourth-order valence-electron chi connectivity index (χ4n) is 3.86. The highest BCUT2D eigenvalue weighted by Gasteiger charge is 2.50. The van der Waals surface area contributed by atoms with Crippen LogP contribution < -0.4 is 10.2 Å². The number of likely N-dealkylation sites (tertiary alicyclic amines) is 1. The summed E-state index contributed by atoms with van der Waals surface area (Å²) in [5.41, 5.74) is 0.486. The molecule has 0 atom stereocenters. The van der Waals surface area contributed by atoms with Crippen molar-refractivity contribution < 1.29 is 18.4 Å². The van der Waals surface area contributed by atoms with E-state index in [-0.39, 0.29) is 12.3 Å². The van der Waals surface area contributed by atoms with E-state index in [1.54, 1.807) is 0 Å². The van der Waals surface area contributed by atoms with Gasteiger partial charge in [-0.05, 0) is 37.9 Å². The van der Waals surface area contributed by atoms with E-state index in [4.69, 9.17) is 0 Å². The molecule has 2 saturated heterocycles. The Morgan fingerprint density at radius 2 is 1.88 bits per heavy atom. The first kappa shape index (κ1) is 18.8. The lowest BCUT2D eigenvalue weighted by Gasteiger charge is -2.43. The second-order valence-electron chi connectivity index (χ2n) is 7.22. The highest BCUT2D eigenvalue weighted by Crippen LogP contribution is 2.36. The molecule has 2 aliphatic rings. The average molecular weight is 365 g/mol. The Bertz CT molecular complexity index is 652. The van der Waals surface area contributed by atoms with Crippen LogP contribution in [0.4, 0.5) is 14.5 Å². The van der Waals surface area contributed by atoms with Gasteiger partial charge < -0.3 is 15.1 Å². The minimum Gasteiger partial charge on any atom is -0.339 e. The normalized spacial score (nSPS) is 20.4. The van der Waals surface area contributed by atoms with Gasteiger partial charge in [-0.1, -0.05) is 18.2 Å². The second-order valence-corrected chi connectivity index (χ2v) is 7.22. The molecule has 0 aliphatic carbocycles. The van der Waals surface area contributed by atoms with Gasteiger partial charge >= 0.3 is 5.92 Å². The van der Waals surface area contributed by atoms with Gasteiger partial charge in [-0.15, -0.1) is 0 Å². The van der Waals surface area contributed by atoms with Gasteiger partial charge in [-0.25, -0.2) is 0 Å². The number of anilines is 1. The number of Topliss-reactive ketones (excluding diaryl/α,β-unsaturated/α-hetero) is 1. The van der Waals surface area contributed by atoms with E-state index in [2.05, 4.69) is 15.1 Å². The first-order valence-corrected chi connectivity index (χ1v) is 9.07. The summed E-state index contributed by atoms with van der Waals surface area (Å²) in [6.07, 6.45) is 1.68. The maximum atomic E-state index is 12.9. The molecule has 0 bridgehead atoms. The minimum atomic E-state index is -3.25. The summed E-state index contributed by atoms with van der Waals surface area (Å²) in [4.78, 5) is 28.2. The van der Waals surface area contributed by atoms with Crippen molar-refractivity contribution in [3.05, 3.63) is 30.3 Å². The monoisotopic (exact) mass is 365 g/mol. The molecule has 5 nitrogen and oxygen atoms in total. The van der Waals surface area contributed by atoms with Gasteiger partial charge in [0.15, 0.2) is 0 Å². The molecule has 142 valence electrons. The van der Waals surface area contributed by atoms with Gasteiger partial charge in [0, 0.05) is 32.1 Å². The summed E-state index contributed by atoms with van der Waals surface area (Å²) in [5, 5.41) is 2.96. The average Bonchev–Trinajstić information content (AvgIpc) is 2.93. The third-order valence-electron chi connectivity index (χ3n) is 5.46. The van der Waals surface area contributed by atoms with Gasteiger partial charge in [0.1, 0.15) is 5.54 Å². The van der Waals surface area contributed by atoms with Crippen molar-refractivity contribution in [1.29, 1.82) is 0 Å². The number of piperidine rings is 1. The van der Waals surface area contributed by atoms with Crippen molar-refractivity contribution in [2.45, 2.75) is 44.1 Å². The van der Waals surface area contributed by atoms with E-state index >= 15 is 0 Å². The summed E-state index contributed by atoms with van der Waals surface area (Å²) in [6, 6.07) is 9.88. The molecule has 0 radical (unpaired) electrons. The van der Waals surface area contributed by atoms with Crippen molar-refractivity contribution in [3.8, 4) is 0 Å². The summed E-state index contributed by atoms with van der Waals surface area (Å²) in [6.45, 7) is 3.19. The summed E-state index contributed by atoms with van der Waals surface area (Å²) in [7, 11) is 0. The highest BCUT2D eigenvalue weighted by atomic mass is 19.3. The van der Waals surface area contributed by atoms with E-state index < -0.39 is 17.2 Å². The van der Waals surface area contributed by atoms with Crippen LogP contribution in [0.5, 0.6) is 0 Å². The van der Waals surface area contributed by atoms with Crippen LogP contribution in [-0.2, 0) is 9.59 Å². The molecule has 0 aromatic heterocycles. The summed E-state index contributed by atoms with van der Waals surface area (Å²) in [5.74, 6) is -4.19. The van der Waals surface area contributed by atoms with E-state index in [9.17, 15) is 18.4 Å². The number of halogens is 2. The van der Waals surface area contributed by atoms with Gasteiger partial charge in [0.2, 0.25) is 11.7 Å². The van der Waals surface area contributed by atoms with Gasteiger partial charge in [0.25, 0.3) is 0 Å². The van der Waals surface area contributed by atoms with Crippen molar-refractivity contribution in [1.82, 2.24) is 10.2 Å². The number of benzene rings is 1. The number of hydrogen-bond acceptors (Lipinski definition) is 4. The molecule has 2 aliphatic heterocycles. The van der Waals surface area contributed by atoms with E-state index in [0.717, 1.165) is 5.69 Å². The molecule has 1 N–H and O–H groups in total. The third kappa shape index (κ3) is 3.72. The zero-order valence-electron chi connectivity index (χ0n) is 15.0. The topological polar surface area (TPSA) is 52.7 Å². The number of ketones is 1. The van der Waals surface area contributed by atoms with Crippen molar-refractivity contribution in [2.75, 3.05) is 31.2 Å². The molecule has 7 heteroatoms. The maximum absolute atomic E-state index is 12.9. The van der Waals surface area contributed by atoms with Crippen molar-refractivity contribution in [2.24, 2.45) is 0 Å². The van der Waals surface area contributed by atoms with Crippen LogP contribution in [-0.4, -0.2) is 54.4 Å². The number of rotatable bonds is 6. The maximum Gasteiger partial charge on any atom is 0.302 e. The Kier molecular flexibility index (Phi) is 5.27. The first-order chi connectivity index (χ1) is 12.3. The molecule has 1 aromatic carbocycles. The standard InChI is InChI=1S/C19H25F2N3O2/c1-18(20,21)16(25)8-5-11-23-12-9-19(10-13-23)17(26)22-14-24(19)15-6-3-2-4-7-15/h2-4,6-7H,5,8-14H2,1H3,(H,22,26). The molecular formula is C19H25F2N3O2. The Balaban J connectivity index is 1.56. The number of nitrogens with one attached hydrogen (secondary N) is 1. The van der Waals surface area contributed by atoms with Crippen LogP contribution >= 0.6 is 0 Å². The molecule has 3 rings (SSSR count). The van der Waals surface area contributed by atoms with E-state index in [1.807, 2.05) is 30.3 Å². The number of hydrogen-bond donors (Lipinski definition) is 1. The van der Waals surface area contributed by atoms with Crippen LogP contribution in [0.15, 0.2) is 30.3 Å². The van der Waals surface area contributed by atoms with Crippen LogP contribution in [0.1, 0.15) is 32.6 Å². The van der Waals surface area contributed by atoms with Crippen molar-refractivity contribution >= 4 is 17.4 Å². The zero-order chi connectivity index (χ0) is 18.8. The van der Waals surface area contributed by atoms with E-state index in [1.165, 1.54) is 0 Å². The van der Waals surface area contributed by atoms with Crippen LogP contribution in [0, 0.1) is 0 Å². The number of amides is 1. The lowest BCUT2D eigenvalue weighted by molar-refractivity contribution is -0.140. The van der Waals surface area contributed by atoms with E-state index in [0.29, 0.717) is 52.5 Å². The molecule has 0 unspecified atom stereocenters. The Morgan fingerprint density at radius 3 is 2.50 bits per heavy atom. The third-order valence-corrected chi connectivity index (χ3v) is 5.46. The van der Waals surface area contributed by atoms with Gasteiger partial charge in [-0.3, -0.25) is 9.59 Å². The molecule has 2 fully saturated rings. The number of carbonyl (C=O) groups excluding carboxylic acids is 2. The molecule has 26 heavy (non-hydrogen) atoms. The fraction of sp³-hybridized carbons (Fsp3) is 0.579. The molecule has 1 amide bonds. The number of para-hydroxylation sites is 1. The smallest absolute Gasteiger partial charge is 0.302 e. The van der Waals surface area contributed by atoms with Crippen LogP contribution in [0.2, 0.25) is 0 Å². The predicted molar refractivity (Wildman–Crippen MR) is 95.2 cm³/mol. The quantitative estimate of drug-likeness (QED) is 0.841. The Morgan fingerprint density at radius 1 is 1.23 bits per heavy atom. The van der Waals surface area contributed by atoms with Crippen LogP contribution in [0.3, 0.4) is 0 Å². The lowest BCUT2D eigenvalue weighted by atomic mass is 9.85. The lowest BCUT2D eigenvalue weighted by Crippen LogP contribution is -2.56. The Labute approximate surface area is 152 Å². The molecule has 0 saturated carbocycles. The Hall–Kier alpha value is -2.02. The highest BCUT2D eigenvalue weighted by molar-refractivity contribution is 5.93. The summed E-state index contributed by atoms with van der Waals surface area (Å²) >= 11 is 0. The van der Waals surface area contributed by atoms with Crippen LogP contribution in [0.25, 0.3) is 0 Å². The molecule has 1 spiro atoms.